The van der Waals surface area contributed by atoms with Crippen molar-refractivity contribution in [3.05, 3.63) is 96.1 Å². The van der Waals surface area contributed by atoms with Gasteiger partial charge in [0.2, 0.25) is 0 Å². The van der Waals surface area contributed by atoms with Crippen molar-refractivity contribution in [2.45, 2.75) is 39.9 Å². The van der Waals surface area contributed by atoms with Gasteiger partial charge in [-0.15, -0.1) is 0 Å². The molecule has 0 atom stereocenters. The van der Waals surface area contributed by atoms with Gasteiger partial charge in [0, 0.05) is 32.7 Å². The Balaban J connectivity index is 1.30. The van der Waals surface area contributed by atoms with Gasteiger partial charge < -0.3 is 9.80 Å². The van der Waals surface area contributed by atoms with Crippen molar-refractivity contribution in [2.24, 2.45) is 0 Å². The van der Waals surface area contributed by atoms with Crippen LogP contribution in [0.4, 0.5) is 22.7 Å². The standard InChI is InChI=1S/C29H26N2S2/c1-3-30-22-9-5-7-11-26(22)32-28-18-20(13-15-24(28)30)17-21-14-16-25-29(19-21)33-27-12-8-6-10-23(27)31(25)4-2/h5-16,18-19H,3-4,17H2,1-2H3. The monoisotopic (exact) mass is 466 g/mol. The topological polar surface area (TPSA) is 6.48 Å². The molecule has 0 aliphatic carbocycles. The molecule has 2 aliphatic heterocycles. The first-order valence-electron chi connectivity index (χ1n) is 11.6. The Labute approximate surface area is 204 Å². The van der Waals surface area contributed by atoms with Crippen LogP contribution in [0.2, 0.25) is 0 Å². The van der Waals surface area contributed by atoms with Crippen molar-refractivity contribution >= 4 is 46.3 Å². The second-order valence-electron chi connectivity index (χ2n) is 8.41. The molecule has 4 aromatic carbocycles. The molecular weight excluding hydrogens is 440 g/mol. The van der Waals surface area contributed by atoms with E-state index in [9.17, 15) is 0 Å². The summed E-state index contributed by atoms with van der Waals surface area (Å²) in [6.07, 6.45) is 0.948. The highest BCUT2D eigenvalue weighted by Crippen LogP contribution is 2.49. The first kappa shape index (κ1) is 20.8. The second-order valence-corrected chi connectivity index (χ2v) is 10.6. The predicted octanol–water partition coefficient (Wildman–Crippen LogP) is 8.52. The van der Waals surface area contributed by atoms with Gasteiger partial charge in [-0.3, -0.25) is 0 Å². The number of nitrogens with zero attached hydrogens (tertiary/aromatic N) is 2. The van der Waals surface area contributed by atoms with Crippen molar-refractivity contribution in [3.8, 4) is 0 Å². The molecule has 0 aromatic heterocycles. The molecule has 2 heterocycles. The Morgan fingerprint density at radius 3 is 1.39 bits per heavy atom. The number of fused-ring (bicyclic) bond motifs is 4. The Hall–Kier alpha value is -2.82. The smallest absolute Gasteiger partial charge is 0.0552 e. The molecule has 6 rings (SSSR count). The summed E-state index contributed by atoms with van der Waals surface area (Å²) in [4.78, 5) is 10.2. The van der Waals surface area contributed by atoms with Crippen molar-refractivity contribution in [1.29, 1.82) is 0 Å². The Morgan fingerprint density at radius 1 is 0.515 bits per heavy atom. The minimum atomic E-state index is 0.948. The van der Waals surface area contributed by atoms with E-state index >= 15 is 0 Å². The van der Waals surface area contributed by atoms with E-state index in [0.717, 1.165) is 19.5 Å². The van der Waals surface area contributed by atoms with Gasteiger partial charge >= 0.3 is 0 Å². The quantitative estimate of drug-likeness (QED) is 0.297. The van der Waals surface area contributed by atoms with Crippen molar-refractivity contribution in [3.63, 3.8) is 0 Å². The summed E-state index contributed by atoms with van der Waals surface area (Å²) in [6, 6.07) is 31.4. The maximum atomic E-state index is 2.43. The van der Waals surface area contributed by atoms with Gasteiger partial charge in [0.05, 0.1) is 22.7 Å². The van der Waals surface area contributed by atoms with Crippen LogP contribution in [0.5, 0.6) is 0 Å². The molecule has 2 nitrogen and oxygen atoms in total. The summed E-state index contributed by atoms with van der Waals surface area (Å²) in [5.74, 6) is 0. The highest BCUT2D eigenvalue weighted by Gasteiger charge is 2.24. The highest BCUT2D eigenvalue weighted by molar-refractivity contribution is 8.00. The lowest BCUT2D eigenvalue weighted by atomic mass is 10.0. The molecule has 4 heteroatoms. The zero-order valence-electron chi connectivity index (χ0n) is 18.9. The molecule has 0 bridgehead atoms. The molecule has 0 radical (unpaired) electrons. The molecule has 0 N–H and O–H groups in total. The normalized spacial score (nSPS) is 13.8. The Morgan fingerprint density at radius 2 is 0.939 bits per heavy atom. The lowest BCUT2D eigenvalue weighted by molar-refractivity contribution is 0.970. The van der Waals surface area contributed by atoms with E-state index in [0.29, 0.717) is 0 Å². The molecule has 164 valence electrons. The largest absolute Gasteiger partial charge is 0.340 e. The van der Waals surface area contributed by atoms with E-state index in [4.69, 9.17) is 0 Å². The van der Waals surface area contributed by atoms with Crippen molar-refractivity contribution < 1.29 is 0 Å². The van der Waals surface area contributed by atoms with Crippen molar-refractivity contribution in [1.82, 2.24) is 0 Å². The summed E-state index contributed by atoms with van der Waals surface area (Å²) in [5.41, 5.74) is 8.01. The average molecular weight is 467 g/mol. The summed E-state index contributed by atoms with van der Waals surface area (Å²) in [5, 5.41) is 0. The molecule has 2 aliphatic rings. The number of benzene rings is 4. The van der Waals surface area contributed by atoms with Gasteiger partial charge in [-0.05, 0) is 79.9 Å². The van der Waals surface area contributed by atoms with Crippen LogP contribution in [0, 0.1) is 0 Å². The maximum absolute atomic E-state index is 2.43. The van der Waals surface area contributed by atoms with E-state index in [-0.39, 0.29) is 0 Å². The summed E-state index contributed by atoms with van der Waals surface area (Å²) >= 11 is 3.78. The molecule has 0 unspecified atom stereocenters. The molecule has 4 aromatic rings. The Bertz CT molecular complexity index is 1240. The molecule has 0 spiro atoms. The first-order chi connectivity index (χ1) is 16.2. The lowest BCUT2D eigenvalue weighted by Crippen LogP contribution is -2.20. The highest BCUT2D eigenvalue weighted by atomic mass is 32.2. The Kier molecular flexibility index (Phi) is 5.35. The zero-order valence-corrected chi connectivity index (χ0v) is 20.5. The van der Waals surface area contributed by atoms with Gasteiger partial charge in [0.25, 0.3) is 0 Å². The molecular formula is C29H26N2S2. The van der Waals surface area contributed by atoms with E-state index in [2.05, 4.69) is 109 Å². The van der Waals surface area contributed by atoms with Crippen LogP contribution in [-0.2, 0) is 6.42 Å². The fourth-order valence-corrected chi connectivity index (χ4v) is 7.21. The van der Waals surface area contributed by atoms with Gasteiger partial charge in [-0.2, -0.15) is 0 Å². The SMILES string of the molecule is CCN1c2ccccc2Sc2cc(Cc3ccc4c(c3)Sc3ccccc3N4CC)ccc21. The molecule has 0 amide bonds. The lowest BCUT2D eigenvalue weighted by Gasteiger charge is -2.32. The fourth-order valence-electron chi connectivity index (χ4n) is 4.89. The summed E-state index contributed by atoms with van der Waals surface area (Å²) < 4.78 is 0. The van der Waals surface area contributed by atoms with Crippen LogP contribution in [-0.4, -0.2) is 13.1 Å². The predicted molar refractivity (Wildman–Crippen MR) is 142 cm³/mol. The minimum absolute atomic E-state index is 0.948. The third-order valence-corrected chi connectivity index (χ3v) is 8.65. The number of hydrogen-bond acceptors (Lipinski definition) is 4. The van der Waals surface area contributed by atoms with Gasteiger partial charge in [0.15, 0.2) is 0 Å². The van der Waals surface area contributed by atoms with E-state index in [1.807, 2.05) is 23.5 Å². The molecule has 0 saturated carbocycles. The second kappa shape index (κ2) is 8.51. The third-order valence-electron chi connectivity index (χ3n) is 6.42. The van der Waals surface area contributed by atoms with Crippen molar-refractivity contribution in [2.75, 3.05) is 22.9 Å². The molecule has 0 saturated heterocycles. The number of anilines is 4. The van der Waals surface area contributed by atoms with E-state index < -0.39 is 0 Å². The average Bonchev–Trinajstić information content (AvgIpc) is 2.85. The van der Waals surface area contributed by atoms with Gasteiger partial charge in [-0.25, -0.2) is 0 Å². The maximum Gasteiger partial charge on any atom is 0.0552 e. The molecule has 0 fully saturated rings. The van der Waals surface area contributed by atoms with Gasteiger partial charge in [-0.1, -0.05) is 59.9 Å². The van der Waals surface area contributed by atoms with Crippen LogP contribution in [0.15, 0.2) is 105 Å². The number of hydrogen-bond donors (Lipinski definition) is 0. The summed E-state index contributed by atoms with van der Waals surface area (Å²) in [6.45, 7) is 6.41. The van der Waals surface area contributed by atoms with E-state index in [1.54, 1.807) is 0 Å². The van der Waals surface area contributed by atoms with E-state index in [1.165, 1.54) is 53.5 Å². The van der Waals surface area contributed by atoms with Crippen LogP contribution < -0.4 is 9.80 Å². The first-order valence-corrected chi connectivity index (χ1v) is 13.2. The van der Waals surface area contributed by atoms with Crippen LogP contribution in [0.3, 0.4) is 0 Å². The van der Waals surface area contributed by atoms with Crippen LogP contribution in [0.25, 0.3) is 0 Å². The summed E-state index contributed by atoms with van der Waals surface area (Å²) in [7, 11) is 0. The zero-order chi connectivity index (χ0) is 22.4. The minimum Gasteiger partial charge on any atom is -0.340 e. The number of rotatable bonds is 4. The number of para-hydroxylation sites is 2. The molecule has 33 heavy (non-hydrogen) atoms. The van der Waals surface area contributed by atoms with Crippen LogP contribution in [0.1, 0.15) is 25.0 Å². The fraction of sp³-hybridized carbons (Fsp3) is 0.172. The van der Waals surface area contributed by atoms with Gasteiger partial charge in [0.1, 0.15) is 0 Å². The van der Waals surface area contributed by atoms with Crippen LogP contribution >= 0.6 is 23.5 Å². The third kappa shape index (κ3) is 3.62.